The monoisotopic (exact) mass is 226 g/mol. The molecular formula is C10H14N2O4. The highest BCUT2D eigenvalue weighted by atomic mass is 16.5. The predicted octanol–water partition coefficient (Wildman–Crippen LogP) is 0.966. The van der Waals surface area contributed by atoms with Crippen molar-refractivity contribution in [1.82, 2.24) is 10.5 Å². The van der Waals surface area contributed by atoms with E-state index in [-0.39, 0.29) is 5.76 Å². The molecule has 16 heavy (non-hydrogen) atoms. The number of hydrogen-bond donors (Lipinski definition) is 2. The highest BCUT2D eigenvalue weighted by Gasteiger charge is 2.22. The van der Waals surface area contributed by atoms with Gasteiger partial charge in [-0.15, -0.1) is 0 Å². The van der Waals surface area contributed by atoms with Gasteiger partial charge in [-0.1, -0.05) is 18.5 Å². The topological polar surface area (TPSA) is 92.4 Å². The number of aromatic nitrogens is 1. The maximum absolute atomic E-state index is 11.6. The molecule has 0 aliphatic heterocycles. The second-order valence-electron chi connectivity index (χ2n) is 3.49. The molecule has 0 unspecified atom stereocenters. The third-order valence-electron chi connectivity index (χ3n) is 2.14. The quantitative estimate of drug-likeness (QED) is 0.780. The number of carbonyl (C=O) groups excluding carboxylic acids is 1. The van der Waals surface area contributed by atoms with Gasteiger partial charge in [0.05, 0.1) is 6.20 Å². The van der Waals surface area contributed by atoms with Crippen LogP contribution < -0.4 is 5.32 Å². The molecule has 2 N–H and O–H groups in total. The summed E-state index contributed by atoms with van der Waals surface area (Å²) in [5, 5.41) is 14.7. The van der Waals surface area contributed by atoms with E-state index in [0.29, 0.717) is 18.4 Å². The van der Waals surface area contributed by atoms with Crippen LogP contribution in [-0.2, 0) is 4.79 Å². The van der Waals surface area contributed by atoms with Crippen LogP contribution in [0.5, 0.6) is 0 Å². The smallest absolute Gasteiger partial charge is 0.326 e. The van der Waals surface area contributed by atoms with Crippen molar-refractivity contribution in [2.75, 3.05) is 0 Å². The number of aliphatic carboxylic acids is 1. The summed E-state index contributed by atoms with van der Waals surface area (Å²) in [5.41, 5.74) is 0.582. The Bertz CT molecular complexity index is 386. The van der Waals surface area contributed by atoms with E-state index in [0.717, 1.165) is 0 Å². The molecule has 0 aliphatic rings. The van der Waals surface area contributed by atoms with Crippen LogP contribution >= 0.6 is 0 Å². The van der Waals surface area contributed by atoms with E-state index in [2.05, 4.69) is 10.5 Å². The molecular weight excluding hydrogens is 212 g/mol. The van der Waals surface area contributed by atoms with Gasteiger partial charge in [-0.05, 0) is 13.3 Å². The zero-order chi connectivity index (χ0) is 12.1. The van der Waals surface area contributed by atoms with Gasteiger partial charge in [0.15, 0.2) is 0 Å². The summed E-state index contributed by atoms with van der Waals surface area (Å²) in [6, 6.07) is -0.887. The molecule has 1 atom stereocenters. The number of amides is 1. The number of hydrogen-bond acceptors (Lipinski definition) is 4. The molecule has 0 spiro atoms. The number of nitrogens with zero attached hydrogens (tertiary/aromatic N) is 1. The molecule has 6 heteroatoms. The summed E-state index contributed by atoms with van der Waals surface area (Å²) in [6.45, 7) is 3.52. The minimum atomic E-state index is -1.05. The number of carboxylic acid groups (broad SMARTS) is 1. The average molecular weight is 226 g/mol. The number of carbonyl (C=O) groups is 2. The SMILES string of the molecule is CCC[C@H](NC(=O)c1oncc1C)C(=O)O. The molecule has 0 aliphatic carbocycles. The molecule has 88 valence electrons. The van der Waals surface area contributed by atoms with Crippen molar-refractivity contribution in [3.63, 3.8) is 0 Å². The van der Waals surface area contributed by atoms with Crippen molar-refractivity contribution < 1.29 is 19.2 Å². The van der Waals surface area contributed by atoms with Gasteiger partial charge in [-0.25, -0.2) is 4.79 Å². The van der Waals surface area contributed by atoms with E-state index in [1.807, 2.05) is 6.92 Å². The fourth-order valence-corrected chi connectivity index (χ4v) is 1.28. The zero-order valence-electron chi connectivity index (χ0n) is 9.19. The van der Waals surface area contributed by atoms with Crippen LogP contribution in [0, 0.1) is 6.92 Å². The molecule has 6 nitrogen and oxygen atoms in total. The molecule has 0 saturated heterocycles. The first-order valence-electron chi connectivity index (χ1n) is 5.01. The van der Waals surface area contributed by atoms with Gasteiger partial charge in [0, 0.05) is 5.56 Å². The van der Waals surface area contributed by atoms with Gasteiger partial charge in [0.2, 0.25) is 5.76 Å². The second kappa shape index (κ2) is 5.29. The standard InChI is InChI=1S/C10H14N2O4/c1-3-4-7(10(14)15)12-9(13)8-6(2)5-11-16-8/h5,7H,3-4H2,1-2H3,(H,12,13)(H,14,15)/t7-/m0/s1. The Morgan fingerprint density at radius 3 is 2.75 bits per heavy atom. The van der Waals surface area contributed by atoms with Crippen molar-refractivity contribution in [2.24, 2.45) is 0 Å². The summed E-state index contributed by atoms with van der Waals surface area (Å²) >= 11 is 0. The first-order valence-corrected chi connectivity index (χ1v) is 5.01. The number of rotatable bonds is 5. The van der Waals surface area contributed by atoms with Crippen LogP contribution in [0.25, 0.3) is 0 Å². The zero-order valence-corrected chi connectivity index (χ0v) is 9.19. The van der Waals surface area contributed by atoms with E-state index in [4.69, 9.17) is 9.63 Å². The van der Waals surface area contributed by atoms with Crippen LogP contribution in [0.2, 0.25) is 0 Å². The molecule has 1 aromatic heterocycles. The fraction of sp³-hybridized carbons (Fsp3) is 0.500. The lowest BCUT2D eigenvalue weighted by Gasteiger charge is -2.12. The van der Waals surface area contributed by atoms with Gasteiger partial charge < -0.3 is 14.9 Å². The molecule has 1 aromatic rings. The van der Waals surface area contributed by atoms with Gasteiger partial charge >= 0.3 is 5.97 Å². The van der Waals surface area contributed by atoms with Gasteiger partial charge in [-0.3, -0.25) is 4.79 Å². The van der Waals surface area contributed by atoms with Crippen molar-refractivity contribution in [2.45, 2.75) is 32.7 Å². The molecule has 1 heterocycles. The minimum absolute atomic E-state index is 0.0577. The summed E-state index contributed by atoms with van der Waals surface area (Å²) in [7, 11) is 0. The Kier molecular flexibility index (Phi) is 4.04. The molecule has 1 amide bonds. The maximum Gasteiger partial charge on any atom is 0.326 e. The van der Waals surface area contributed by atoms with Crippen molar-refractivity contribution in [3.05, 3.63) is 17.5 Å². The molecule has 0 bridgehead atoms. The summed E-state index contributed by atoms with van der Waals surface area (Å²) in [4.78, 5) is 22.4. The Morgan fingerprint density at radius 2 is 2.31 bits per heavy atom. The highest BCUT2D eigenvalue weighted by Crippen LogP contribution is 2.07. The normalized spacial score (nSPS) is 12.1. The lowest BCUT2D eigenvalue weighted by atomic mass is 10.1. The number of nitrogens with one attached hydrogen (secondary N) is 1. The second-order valence-corrected chi connectivity index (χ2v) is 3.49. The summed E-state index contributed by atoms with van der Waals surface area (Å²) in [5.74, 6) is -1.54. The first kappa shape index (κ1) is 12.2. The first-order chi connectivity index (χ1) is 7.56. The Labute approximate surface area is 92.6 Å². The molecule has 0 saturated carbocycles. The lowest BCUT2D eigenvalue weighted by Crippen LogP contribution is -2.40. The number of carboxylic acids is 1. The van der Waals surface area contributed by atoms with Crippen molar-refractivity contribution >= 4 is 11.9 Å². The predicted molar refractivity (Wildman–Crippen MR) is 55.0 cm³/mol. The van der Waals surface area contributed by atoms with E-state index in [9.17, 15) is 9.59 Å². The van der Waals surface area contributed by atoms with Crippen LogP contribution in [0.1, 0.15) is 35.9 Å². The number of aryl methyl sites for hydroxylation is 1. The van der Waals surface area contributed by atoms with E-state index < -0.39 is 17.9 Å². The third-order valence-corrected chi connectivity index (χ3v) is 2.14. The average Bonchev–Trinajstić information content (AvgIpc) is 2.63. The van der Waals surface area contributed by atoms with E-state index in [1.165, 1.54) is 6.20 Å². The molecule has 0 aromatic carbocycles. The molecule has 0 fully saturated rings. The van der Waals surface area contributed by atoms with Gasteiger partial charge in [-0.2, -0.15) is 0 Å². The highest BCUT2D eigenvalue weighted by molar-refractivity contribution is 5.95. The largest absolute Gasteiger partial charge is 0.480 e. The van der Waals surface area contributed by atoms with Gasteiger partial charge in [0.25, 0.3) is 5.91 Å². The van der Waals surface area contributed by atoms with Gasteiger partial charge in [0.1, 0.15) is 6.04 Å². The Balaban J connectivity index is 2.69. The molecule has 1 rings (SSSR count). The summed E-state index contributed by atoms with van der Waals surface area (Å²) in [6.07, 6.45) is 2.46. The molecule has 0 radical (unpaired) electrons. The van der Waals surface area contributed by atoms with E-state index >= 15 is 0 Å². The van der Waals surface area contributed by atoms with E-state index in [1.54, 1.807) is 6.92 Å². The van der Waals surface area contributed by atoms with Crippen LogP contribution in [0.3, 0.4) is 0 Å². The minimum Gasteiger partial charge on any atom is -0.480 e. The van der Waals surface area contributed by atoms with Crippen LogP contribution in [-0.4, -0.2) is 28.2 Å². The lowest BCUT2D eigenvalue weighted by molar-refractivity contribution is -0.139. The van der Waals surface area contributed by atoms with Crippen LogP contribution in [0.15, 0.2) is 10.7 Å². The maximum atomic E-state index is 11.6. The third kappa shape index (κ3) is 2.82. The summed E-state index contributed by atoms with van der Waals surface area (Å²) < 4.78 is 4.73. The van der Waals surface area contributed by atoms with Crippen molar-refractivity contribution in [3.8, 4) is 0 Å². The Hall–Kier alpha value is -1.85. The van der Waals surface area contributed by atoms with Crippen LogP contribution in [0.4, 0.5) is 0 Å². The van der Waals surface area contributed by atoms with Crippen molar-refractivity contribution in [1.29, 1.82) is 0 Å². The Morgan fingerprint density at radius 1 is 1.62 bits per heavy atom. The fourth-order valence-electron chi connectivity index (χ4n) is 1.28.